The molecule has 0 spiro atoms. The van der Waals surface area contributed by atoms with Crippen molar-refractivity contribution in [3.8, 4) is 0 Å². The van der Waals surface area contributed by atoms with Crippen molar-refractivity contribution in [2.24, 2.45) is 0 Å². The second-order valence-electron chi connectivity index (χ2n) is 2.72. The quantitative estimate of drug-likeness (QED) is 0.590. The van der Waals surface area contributed by atoms with E-state index in [0.29, 0.717) is 0 Å². The molecule has 0 aliphatic carbocycles. The van der Waals surface area contributed by atoms with Crippen LogP contribution < -0.4 is 4.13 Å². The van der Waals surface area contributed by atoms with E-state index in [4.69, 9.17) is 0 Å². The number of hydrogen-bond donors (Lipinski definition) is 1. The first-order valence-corrected chi connectivity index (χ1v) is 6.37. The van der Waals surface area contributed by atoms with Gasteiger partial charge in [0, 0.05) is 0 Å². The predicted molar refractivity (Wildman–Crippen MR) is 42.7 cm³/mol. The van der Waals surface area contributed by atoms with Crippen LogP contribution in [0.4, 0.5) is 30.7 Å². The molecule has 15 heteroatoms. The lowest BCUT2D eigenvalue weighted by Crippen LogP contribution is -2.62. The Bertz CT molecular complexity index is 504. The van der Waals surface area contributed by atoms with Gasteiger partial charge in [0.15, 0.2) is 9.87 Å². The molecule has 1 N–H and O–H groups in total. The van der Waals surface area contributed by atoms with E-state index in [1.165, 1.54) is 0 Å². The number of nitrogens with one attached hydrogen (secondary N) is 1. The summed E-state index contributed by atoms with van der Waals surface area (Å²) in [4.78, 5) is 0. The number of hydrogen-bond acceptors (Lipinski definition) is 4. The lowest BCUT2D eigenvalue weighted by molar-refractivity contribution is -0.306. The molecular formula is C3HBF7NO4S2. The van der Waals surface area contributed by atoms with Crippen LogP contribution in [-0.2, 0) is 19.9 Å². The Hall–Kier alpha value is -0.565. The van der Waals surface area contributed by atoms with Crippen molar-refractivity contribution in [3.63, 3.8) is 0 Å². The van der Waals surface area contributed by atoms with E-state index in [1.807, 2.05) is 0 Å². The van der Waals surface area contributed by atoms with E-state index in [9.17, 15) is 47.6 Å². The highest BCUT2D eigenvalue weighted by Gasteiger charge is 2.81. The summed E-state index contributed by atoms with van der Waals surface area (Å²) in [5.41, 5.74) is 0. The van der Waals surface area contributed by atoms with Crippen LogP contribution in [0.1, 0.15) is 0 Å². The lowest BCUT2D eigenvalue weighted by Gasteiger charge is -2.28. The van der Waals surface area contributed by atoms with Crippen molar-refractivity contribution in [3.05, 3.63) is 0 Å². The summed E-state index contributed by atoms with van der Waals surface area (Å²) < 4.78 is 126. The molecule has 0 bridgehead atoms. The fraction of sp³-hybridized carbons (Fsp3) is 1.00. The Morgan fingerprint density at radius 2 is 1.06 bits per heavy atom. The van der Waals surface area contributed by atoms with E-state index in [2.05, 4.69) is 7.12 Å². The molecule has 0 aromatic rings. The molecule has 0 heterocycles. The summed E-state index contributed by atoms with van der Waals surface area (Å²) >= 11 is 0. The molecule has 0 aromatic heterocycles. The Kier molecular flexibility index (Phi) is 4.09. The molecule has 0 unspecified atom stereocenters. The Morgan fingerprint density at radius 1 is 0.778 bits per heavy atom. The molecule has 0 fully saturated rings. The molecule has 0 amide bonds. The Morgan fingerprint density at radius 3 is 1.22 bits per heavy atom. The van der Waals surface area contributed by atoms with Gasteiger partial charge in [-0.1, -0.05) is 0 Å². The maximum atomic E-state index is 12.9. The Labute approximate surface area is 96.7 Å². The van der Waals surface area contributed by atoms with Gasteiger partial charge in [-0.15, -0.1) is 4.13 Å². The molecule has 0 saturated heterocycles. The number of rotatable bonds is 3. The van der Waals surface area contributed by atoms with Crippen molar-refractivity contribution >= 4 is 27.0 Å². The molecule has 2 radical (unpaired) electrons. The van der Waals surface area contributed by atoms with Crippen LogP contribution >= 0.6 is 0 Å². The van der Waals surface area contributed by atoms with Gasteiger partial charge in [0.25, 0.3) is 17.1 Å². The number of halogens is 7. The largest absolute Gasteiger partial charge is 0.448 e. The summed E-state index contributed by atoms with van der Waals surface area (Å²) in [6, 6.07) is 0. The highest BCUT2D eigenvalue weighted by Crippen LogP contribution is 2.49. The third-order valence-corrected chi connectivity index (χ3v) is 4.34. The fourth-order valence-electron chi connectivity index (χ4n) is 0.676. The third-order valence-electron chi connectivity index (χ3n) is 1.33. The molecule has 0 aromatic carbocycles. The highest BCUT2D eigenvalue weighted by atomic mass is 32.3. The van der Waals surface area contributed by atoms with Crippen LogP contribution in [0, 0.1) is 0 Å². The minimum Gasteiger partial charge on any atom is -0.226 e. The van der Waals surface area contributed by atoms with Crippen LogP contribution in [0.15, 0.2) is 0 Å². The zero-order valence-corrected chi connectivity index (χ0v) is 9.31. The molecular weight excluding hydrogens is 322 g/mol. The van der Waals surface area contributed by atoms with Gasteiger partial charge in [0.1, 0.15) is 0 Å². The molecule has 106 valence electrons. The van der Waals surface area contributed by atoms with Gasteiger partial charge >= 0.3 is 17.4 Å². The first-order valence-electron chi connectivity index (χ1n) is 3.34. The zero-order valence-electron chi connectivity index (χ0n) is 7.67. The predicted octanol–water partition coefficient (Wildman–Crippen LogP) is 0.109. The molecule has 0 rings (SSSR count). The fourth-order valence-corrected chi connectivity index (χ4v) is 2.97. The molecule has 0 atom stereocenters. The number of sulfonamides is 1. The maximum Gasteiger partial charge on any atom is 0.448 e. The average Bonchev–Trinajstić information content (AvgIpc) is 1.92. The zero-order chi connectivity index (χ0) is 15.2. The summed E-state index contributed by atoms with van der Waals surface area (Å²) in [7, 11) is -8.75. The summed E-state index contributed by atoms with van der Waals surface area (Å²) in [5.74, 6) is 0. The summed E-state index contributed by atoms with van der Waals surface area (Å²) in [5, 5.41) is -6.82. The van der Waals surface area contributed by atoms with Gasteiger partial charge in [-0.05, 0) is 0 Å². The molecule has 0 aliphatic heterocycles. The second-order valence-corrected chi connectivity index (χ2v) is 6.05. The van der Waals surface area contributed by atoms with Gasteiger partial charge < -0.3 is 0 Å². The van der Waals surface area contributed by atoms with Crippen LogP contribution in [-0.4, -0.2) is 41.3 Å². The topological polar surface area (TPSA) is 80.3 Å². The van der Waals surface area contributed by atoms with E-state index in [-0.39, 0.29) is 4.13 Å². The van der Waals surface area contributed by atoms with Gasteiger partial charge in [0.05, 0.1) is 0 Å². The van der Waals surface area contributed by atoms with Gasteiger partial charge in [-0.3, -0.25) is 0 Å². The van der Waals surface area contributed by atoms with Crippen LogP contribution in [0.25, 0.3) is 0 Å². The first-order chi connectivity index (χ1) is 7.46. The first kappa shape index (κ1) is 17.4. The van der Waals surface area contributed by atoms with E-state index in [1.54, 1.807) is 0 Å². The highest BCUT2D eigenvalue weighted by molar-refractivity contribution is 8.17. The molecule has 18 heavy (non-hydrogen) atoms. The minimum atomic E-state index is -7.07. The van der Waals surface area contributed by atoms with Crippen molar-refractivity contribution in [2.45, 2.75) is 17.4 Å². The molecule has 0 aliphatic rings. The van der Waals surface area contributed by atoms with E-state index >= 15 is 0 Å². The maximum absolute atomic E-state index is 12.9. The van der Waals surface area contributed by atoms with Gasteiger partial charge in [-0.2, -0.15) is 26.3 Å². The van der Waals surface area contributed by atoms with Crippen molar-refractivity contribution < 1.29 is 47.6 Å². The molecule has 0 saturated carbocycles. The van der Waals surface area contributed by atoms with Crippen LogP contribution in [0.5, 0.6) is 0 Å². The average molecular weight is 323 g/mol. The SMILES string of the molecule is [B]S(=O)(=O)NS(=O)(=O)C(F)(C(F)(F)F)C(F)(F)F. The third kappa shape index (κ3) is 3.06. The van der Waals surface area contributed by atoms with Gasteiger partial charge in [-0.25, -0.2) is 21.2 Å². The van der Waals surface area contributed by atoms with Crippen LogP contribution in [0.2, 0.25) is 0 Å². The normalized spacial score (nSPS) is 15.7. The number of alkyl halides is 7. The Balaban J connectivity index is 6.12. The standard InChI is InChI=1S/C3HBF7NO4S2/c4-18(15,16)12-17(13,14)1(5,2(6,7)8)3(9,10)11/h12H. The summed E-state index contributed by atoms with van der Waals surface area (Å²) in [6.45, 7) is 0. The van der Waals surface area contributed by atoms with E-state index < -0.39 is 37.3 Å². The monoisotopic (exact) mass is 323 g/mol. The smallest absolute Gasteiger partial charge is 0.226 e. The van der Waals surface area contributed by atoms with Crippen LogP contribution in [0.3, 0.4) is 0 Å². The minimum absolute atomic E-state index is 0.244. The lowest BCUT2D eigenvalue weighted by atomic mass is 10.3. The van der Waals surface area contributed by atoms with Gasteiger partial charge in [0.2, 0.25) is 0 Å². The van der Waals surface area contributed by atoms with Crippen molar-refractivity contribution in [1.29, 1.82) is 0 Å². The van der Waals surface area contributed by atoms with E-state index in [0.717, 1.165) is 0 Å². The van der Waals surface area contributed by atoms with Crippen molar-refractivity contribution in [1.82, 2.24) is 4.13 Å². The van der Waals surface area contributed by atoms with Crippen molar-refractivity contribution in [2.75, 3.05) is 0 Å². The second kappa shape index (κ2) is 4.23. The molecule has 5 nitrogen and oxygen atoms in total. The summed E-state index contributed by atoms with van der Waals surface area (Å²) in [6.07, 6.45) is -13.9.